The van der Waals surface area contributed by atoms with Crippen LogP contribution in [0.4, 0.5) is 4.79 Å². The first-order valence-corrected chi connectivity index (χ1v) is 13.4. The molecule has 1 saturated carbocycles. The highest BCUT2D eigenvalue weighted by molar-refractivity contribution is 6.30. The average molecular weight is 524 g/mol. The Hall–Kier alpha value is -3.13. The van der Waals surface area contributed by atoms with Crippen molar-refractivity contribution in [1.82, 2.24) is 25.1 Å². The first-order valence-electron chi connectivity index (χ1n) is 13.0. The molecule has 1 aromatic carbocycles. The van der Waals surface area contributed by atoms with Gasteiger partial charge in [0.25, 0.3) is 0 Å². The number of alkyl carbamates (subject to hydrolysis) is 1. The number of hydrogen-bond donors (Lipinski definition) is 1. The molecule has 3 heterocycles. The maximum atomic E-state index is 12.3. The predicted molar refractivity (Wildman–Crippen MR) is 141 cm³/mol. The van der Waals surface area contributed by atoms with Crippen LogP contribution in [0.2, 0.25) is 5.02 Å². The number of rotatable bonds is 5. The molecular weight excluding hydrogens is 490 g/mol. The third-order valence-corrected chi connectivity index (χ3v) is 7.15. The van der Waals surface area contributed by atoms with E-state index in [1.54, 1.807) is 6.20 Å². The molecule has 1 fully saturated rings. The second-order valence-electron chi connectivity index (χ2n) is 11.0. The van der Waals surface area contributed by atoms with Crippen LogP contribution in [0.15, 0.2) is 42.6 Å². The Balaban J connectivity index is 1.33. The molecule has 0 unspecified atom stereocenters. The lowest BCUT2D eigenvalue weighted by Crippen LogP contribution is -2.36. The highest BCUT2D eigenvalue weighted by Crippen LogP contribution is 2.37. The van der Waals surface area contributed by atoms with E-state index in [4.69, 9.17) is 21.1 Å². The summed E-state index contributed by atoms with van der Waals surface area (Å²) >= 11 is 6.40. The molecule has 37 heavy (non-hydrogen) atoms. The molecule has 8 nitrogen and oxygen atoms in total. The number of pyridine rings is 1. The zero-order chi connectivity index (χ0) is 26.0. The van der Waals surface area contributed by atoms with E-state index in [-0.39, 0.29) is 12.0 Å². The maximum Gasteiger partial charge on any atom is 0.407 e. The molecule has 0 saturated heterocycles. The fourth-order valence-corrected chi connectivity index (χ4v) is 5.47. The number of aromatic nitrogens is 4. The first kappa shape index (κ1) is 25.5. The molecule has 1 aliphatic heterocycles. The Bertz CT molecular complexity index is 1230. The lowest BCUT2D eigenvalue weighted by Gasteiger charge is -2.28. The van der Waals surface area contributed by atoms with Crippen molar-refractivity contribution < 1.29 is 14.3 Å². The SMILES string of the molecule is CC(C)(C)OC(=O)NC[C@H]1Cc2cc(Cl)ccc2-n2c(nnc2[C@H]2CC[C@H](Oc3ccccn3)CC2)C1. The van der Waals surface area contributed by atoms with E-state index in [9.17, 15) is 4.79 Å². The molecule has 196 valence electrons. The van der Waals surface area contributed by atoms with Gasteiger partial charge in [0, 0.05) is 36.2 Å². The zero-order valence-electron chi connectivity index (χ0n) is 21.6. The molecule has 1 amide bonds. The summed E-state index contributed by atoms with van der Waals surface area (Å²) in [5.74, 6) is 3.03. The Kier molecular flexibility index (Phi) is 7.38. The Morgan fingerprint density at radius 3 is 2.65 bits per heavy atom. The summed E-state index contributed by atoms with van der Waals surface area (Å²) < 4.78 is 13.8. The molecule has 5 rings (SSSR count). The van der Waals surface area contributed by atoms with Crippen LogP contribution < -0.4 is 10.1 Å². The number of halogens is 1. The van der Waals surface area contributed by atoms with Crippen LogP contribution in [0.5, 0.6) is 5.88 Å². The minimum atomic E-state index is -0.537. The van der Waals surface area contributed by atoms with Gasteiger partial charge in [0.05, 0.1) is 5.69 Å². The molecule has 0 radical (unpaired) electrons. The van der Waals surface area contributed by atoms with Crippen LogP contribution in [-0.2, 0) is 17.6 Å². The van der Waals surface area contributed by atoms with Gasteiger partial charge in [0.2, 0.25) is 5.88 Å². The second kappa shape index (κ2) is 10.7. The van der Waals surface area contributed by atoms with E-state index in [1.807, 2.05) is 51.1 Å². The number of nitrogens with zero attached hydrogens (tertiary/aromatic N) is 4. The molecule has 0 spiro atoms. The maximum absolute atomic E-state index is 12.3. The quantitative estimate of drug-likeness (QED) is 0.464. The molecule has 2 aromatic heterocycles. The third kappa shape index (κ3) is 6.24. The van der Waals surface area contributed by atoms with Gasteiger partial charge in [-0.3, -0.25) is 4.57 Å². The van der Waals surface area contributed by atoms with Crippen molar-refractivity contribution in [3.63, 3.8) is 0 Å². The number of hydrogen-bond acceptors (Lipinski definition) is 6. The minimum Gasteiger partial charge on any atom is -0.474 e. The molecule has 9 heteroatoms. The average Bonchev–Trinajstić information content (AvgIpc) is 3.19. The summed E-state index contributed by atoms with van der Waals surface area (Å²) in [5.41, 5.74) is 1.67. The molecule has 1 N–H and O–H groups in total. The molecule has 3 aromatic rings. The smallest absolute Gasteiger partial charge is 0.407 e. The zero-order valence-corrected chi connectivity index (χ0v) is 22.4. The van der Waals surface area contributed by atoms with Crippen molar-refractivity contribution in [3.05, 3.63) is 64.8 Å². The number of benzene rings is 1. The van der Waals surface area contributed by atoms with Crippen LogP contribution in [0.1, 0.15) is 69.6 Å². The van der Waals surface area contributed by atoms with E-state index in [0.717, 1.165) is 55.0 Å². The minimum absolute atomic E-state index is 0.144. The Labute approximate surface area is 222 Å². The lowest BCUT2D eigenvalue weighted by atomic mass is 9.86. The largest absolute Gasteiger partial charge is 0.474 e. The summed E-state index contributed by atoms with van der Waals surface area (Å²) in [6.45, 7) is 6.06. The van der Waals surface area contributed by atoms with Crippen LogP contribution >= 0.6 is 11.6 Å². The predicted octanol–water partition coefficient (Wildman–Crippen LogP) is 5.66. The van der Waals surface area contributed by atoms with Gasteiger partial charge >= 0.3 is 6.09 Å². The number of carbonyl (C=O) groups is 1. The van der Waals surface area contributed by atoms with Gasteiger partial charge in [-0.2, -0.15) is 0 Å². The van der Waals surface area contributed by atoms with Crippen LogP contribution in [-0.4, -0.2) is 44.1 Å². The topological polar surface area (TPSA) is 91.2 Å². The Morgan fingerprint density at radius 1 is 1.11 bits per heavy atom. The van der Waals surface area contributed by atoms with E-state index < -0.39 is 11.7 Å². The van der Waals surface area contributed by atoms with Gasteiger partial charge in [0.15, 0.2) is 0 Å². The van der Waals surface area contributed by atoms with Gasteiger partial charge < -0.3 is 14.8 Å². The molecule has 0 bridgehead atoms. The van der Waals surface area contributed by atoms with Crippen LogP contribution in [0, 0.1) is 5.92 Å². The summed E-state index contributed by atoms with van der Waals surface area (Å²) in [6.07, 6.45) is 6.82. The fraction of sp³-hybridized carbons (Fsp3) is 0.500. The summed E-state index contributed by atoms with van der Waals surface area (Å²) in [7, 11) is 0. The number of amides is 1. The van der Waals surface area contributed by atoms with E-state index in [2.05, 4.69) is 31.1 Å². The second-order valence-corrected chi connectivity index (χ2v) is 11.4. The standard InChI is InChI=1S/C28H34ClN5O3/c1-28(2,3)37-27(35)31-17-18-14-20-16-21(29)9-12-23(20)34-24(15-18)32-33-26(34)19-7-10-22(11-8-19)36-25-6-4-5-13-30-25/h4-6,9,12-13,16,18-19,22H,7-8,10-11,14-15,17H2,1-3H3,(H,31,35)/t18-,19-,22-/m0/s1. The Morgan fingerprint density at radius 2 is 1.92 bits per heavy atom. The fourth-order valence-electron chi connectivity index (χ4n) is 5.28. The number of ether oxygens (including phenoxy) is 2. The van der Waals surface area contributed by atoms with E-state index in [0.29, 0.717) is 29.8 Å². The van der Waals surface area contributed by atoms with Gasteiger partial charge in [-0.1, -0.05) is 17.7 Å². The van der Waals surface area contributed by atoms with Crippen molar-refractivity contribution in [2.75, 3.05) is 6.54 Å². The van der Waals surface area contributed by atoms with Gasteiger partial charge in [-0.05, 0) is 88.6 Å². The molecular formula is C28H34ClN5O3. The van der Waals surface area contributed by atoms with Crippen molar-refractivity contribution in [1.29, 1.82) is 0 Å². The molecule has 1 atom stereocenters. The summed E-state index contributed by atoms with van der Waals surface area (Å²) in [6, 6.07) is 11.7. The van der Waals surface area contributed by atoms with E-state index >= 15 is 0 Å². The van der Waals surface area contributed by atoms with Gasteiger partial charge in [-0.25, -0.2) is 9.78 Å². The number of fused-ring (bicyclic) bond motifs is 3. The highest BCUT2D eigenvalue weighted by Gasteiger charge is 2.32. The third-order valence-electron chi connectivity index (χ3n) is 6.92. The number of nitrogens with one attached hydrogen (secondary N) is 1. The molecule has 2 aliphatic rings. The van der Waals surface area contributed by atoms with Gasteiger partial charge in [-0.15, -0.1) is 10.2 Å². The normalized spacial score (nSPS) is 21.4. The van der Waals surface area contributed by atoms with E-state index in [1.165, 1.54) is 0 Å². The summed E-state index contributed by atoms with van der Waals surface area (Å²) in [4.78, 5) is 16.6. The van der Waals surface area contributed by atoms with Crippen LogP contribution in [0.25, 0.3) is 5.69 Å². The molecule has 1 aliphatic carbocycles. The van der Waals surface area contributed by atoms with Crippen molar-refractivity contribution in [2.45, 2.75) is 76.9 Å². The van der Waals surface area contributed by atoms with Crippen molar-refractivity contribution in [3.8, 4) is 11.6 Å². The van der Waals surface area contributed by atoms with Crippen molar-refractivity contribution >= 4 is 17.7 Å². The van der Waals surface area contributed by atoms with Crippen LogP contribution in [0.3, 0.4) is 0 Å². The number of carbonyl (C=O) groups excluding carboxylic acids is 1. The lowest BCUT2D eigenvalue weighted by molar-refractivity contribution is 0.0519. The van der Waals surface area contributed by atoms with Gasteiger partial charge in [0.1, 0.15) is 23.4 Å². The first-order chi connectivity index (χ1) is 17.7. The monoisotopic (exact) mass is 523 g/mol. The van der Waals surface area contributed by atoms with Crippen molar-refractivity contribution in [2.24, 2.45) is 5.92 Å². The highest BCUT2D eigenvalue weighted by atomic mass is 35.5. The summed E-state index contributed by atoms with van der Waals surface area (Å²) in [5, 5.41) is 13.0.